The summed E-state index contributed by atoms with van der Waals surface area (Å²) in [5.74, 6) is -2.29. The van der Waals surface area contributed by atoms with Crippen LogP contribution in [0.15, 0.2) is 36.4 Å². The average molecular weight is 330 g/mol. The molecule has 4 nitrogen and oxygen atoms in total. The molecule has 0 spiro atoms. The number of halogens is 2. The van der Waals surface area contributed by atoms with E-state index in [-0.39, 0.29) is 11.5 Å². The lowest BCUT2D eigenvalue weighted by Gasteiger charge is -2.28. The van der Waals surface area contributed by atoms with Crippen molar-refractivity contribution in [2.75, 3.05) is 11.9 Å². The van der Waals surface area contributed by atoms with E-state index in [4.69, 9.17) is 0 Å². The van der Waals surface area contributed by atoms with E-state index in [1.54, 1.807) is 17.0 Å². The molecule has 124 valence electrons. The summed E-state index contributed by atoms with van der Waals surface area (Å²) < 4.78 is 26.6. The van der Waals surface area contributed by atoms with Gasteiger partial charge in [0.2, 0.25) is 5.91 Å². The molecular weight excluding hydrogens is 314 g/mol. The van der Waals surface area contributed by atoms with Gasteiger partial charge >= 0.3 is 0 Å². The van der Waals surface area contributed by atoms with Crippen LogP contribution in [-0.2, 0) is 17.8 Å². The number of nitrogens with one attached hydrogen (secondary N) is 1. The highest BCUT2D eigenvalue weighted by Crippen LogP contribution is 2.23. The molecule has 24 heavy (non-hydrogen) atoms. The summed E-state index contributed by atoms with van der Waals surface area (Å²) in [4.78, 5) is 25.4. The van der Waals surface area contributed by atoms with Crippen molar-refractivity contribution >= 4 is 17.5 Å². The second-order valence-electron chi connectivity index (χ2n) is 5.75. The first-order valence-corrected chi connectivity index (χ1v) is 7.58. The minimum Gasteiger partial charge on any atom is -0.338 e. The number of carbonyl (C=O) groups excluding carboxylic acids is 2. The van der Waals surface area contributed by atoms with Gasteiger partial charge in [0.1, 0.15) is 11.6 Å². The van der Waals surface area contributed by atoms with Gasteiger partial charge in [0.25, 0.3) is 5.91 Å². The number of nitrogens with zero attached hydrogens (tertiary/aromatic N) is 1. The number of amides is 2. The van der Waals surface area contributed by atoms with Gasteiger partial charge in [0.15, 0.2) is 0 Å². The van der Waals surface area contributed by atoms with Crippen molar-refractivity contribution in [1.82, 2.24) is 4.90 Å². The lowest BCUT2D eigenvalue weighted by molar-refractivity contribution is -0.129. The molecule has 2 aromatic rings. The Morgan fingerprint density at radius 3 is 2.58 bits per heavy atom. The standard InChI is InChI=1S/C18H16F2N2O2/c1-11(23)22-7-6-12-2-4-15(8-13(12)10-22)21-18(24)16-5-3-14(19)9-17(16)20/h2-5,8-9H,6-7,10H2,1H3,(H,21,24). The van der Waals surface area contributed by atoms with Crippen molar-refractivity contribution in [3.63, 3.8) is 0 Å². The molecule has 1 aliphatic heterocycles. The van der Waals surface area contributed by atoms with E-state index in [1.165, 1.54) is 6.92 Å². The van der Waals surface area contributed by atoms with Crippen LogP contribution in [0, 0.1) is 11.6 Å². The van der Waals surface area contributed by atoms with Crippen molar-refractivity contribution in [2.24, 2.45) is 0 Å². The third-order valence-electron chi connectivity index (χ3n) is 4.10. The van der Waals surface area contributed by atoms with Gasteiger partial charge in [-0.05, 0) is 41.8 Å². The SMILES string of the molecule is CC(=O)N1CCc2ccc(NC(=O)c3ccc(F)cc3F)cc2C1. The minimum absolute atomic E-state index is 0.00321. The van der Waals surface area contributed by atoms with Crippen LogP contribution in [0.4, 0.5) is 14.5 Å². The maximum Gasteiger partial charge on any atom is 0.258 e. The van der Waals surface area contributed by atoms with Gasteiger partial charge in [-0.15, -0.1) is 0 Å². The second-order valence-corrected chi connectivity index (χ2v) is 5.75. The molecule has 0 bridgehead atoms. The molecule has 1 N–H and O–H groups in total. The first kappa shape index (κ1) is 16.1. The van der Waals surface area contributed by atoms with Gasteiger partial charge < -0.3 is 10.2 Å². The van der Waals surface area contributed by atoms with Gasteiger partial charge in [-0.25, -0.2) is 8.78 Å². The van der Waals surface area contributed by atoms with Crippen LogP contribution in [0.2, 0.25) is 0 Å². The molecule has 6 heteroatoms. The number of benzene rings is 2. The van der Waals surface area contributed by atoms with E-state index in [9.17, 15) is 18.4 Å². The maximum absolute atomic E-state index is 13.7. The third-order valence-corrected chi connectivity index (χ3v) is 4.10. The Morgan fingerprint density at radius 2 is 1.88 bits per heavy atom. The zero-order chi connectivity index (χ0) is 17.3. The molecule has 0 radical (unpaired) electrons. The van der Waals surface area contributed by atoms with Crippen molar-refractivity contribution < 1.29 is 18.4 Å². The summed E-state index contributed by atoms with van der Waals surface area (Å²) >= 11 is 0. The lowest BCUT2D eigenvalue weighted by Crippen LogP contribution is -2.34. The fourth-order valence-electron chi connectivity index (χ4n) is 2.78. The van der Waals surface area contributed by atoms with Crippen molar-refractivity contribution in [3.8, 4) is 0 Å². The highest BCUT2D eigenvalue weighted by Gasteiger charge is 2.19. The Hall–Kier alpha value is -2.76. The lowest BCUT2D eigenvalue weighted by atomic mass is 9.99. The van der Waals surface area contributed by atoms with Crippen molar-refractivity contribution in [1.29, 1.82) is 0 Å². The number of hydrogen-bond acceptors (Lipinski definition) is 2. The Morgan fingerprint density at radius 1 is 1.08 bits per heavy atom. The third kappa shape index (κ3) is 3.27. The molecule has 0 aromatic heterocycles. The predicted molar refractivity (Wildman–Crippen MR) is 85.5 cm³/mol. The fraction of sp³-hybridized carbons (Fsp3) is 0.222. The van der Waals surface area contributed by atoms with Gasteiger partial charge in [-0.1, -0.05) is 6.07 Å². The monoisotopic (exact) mass is 330 g/mol. The quantitative estimate of drug-likeness (QED) is 0.920. The summed E-state index contributed by atoms with van der Waals surface area (Å²) in [6.45, 7) is 2.68. The first-order chi connectivity index (χ1) is 11.4. The summed E-state index contributed by atoms with van der Waals surface area (Å²) in [6, 6.07) is 8.23. The molecule has 0 aliphatic carbocycles. The van der Waals surface area contributed by atoms with Crippen LogP contribution in [-0.4, -0.2) is 23.3 Å². The first-order valence-electron chi connectivity index (χ1n) is 7.58. The molecule has 1 heterocycles. The zero-order valence-electron chi connectivity index (χ0n) is 13.1. The smallest absolute Gasteiger partial charge is 0.258 e. The summed E-state index contributed by atoms with van der Waals surface area (Å²) in [7, 11) is 0. The largest absolute Gasteiger partial charge is 0.338 e. The highest BCUT2D eigenvalue weighted by molar-refractivity contribution is 6.04. The number of rotatable bonds is 2. The fourth-order valence-corrected chi connectivity index (χ4v) is 2.78. The summed E-state index contributed by atoms with van der Waals surface area (Å²) in [6.07, 6.45) is 0.760. The molecule has 2 aromatic carbocycles. The summed E-state index contributed by atoms with van der Waals surface area (Å²) in [5.41, 5.74) is 2.36. The van der Waals surface area contributed by atoms with Gasteiger partial charge in [-0.2, -0.15) is 0 Å². The van der Waals surface area contributed by atoms with Crippen LogP contribution < -0.4 is 5.32 Å². The minimum atomic E-state index is -0.909. The van der Waals surface area contributed by atoms with E-state index in [0.29, 0.717) is 24.8 Å². The van der Waals surface area contributed by atoms with Crippen LogP contribution in [0.3, 0.4) is 0 Å². The van der Waals surface area contributed by atoms with E-state index in [1.807, 2.05) is 6.07 Å². The topological polar surface area (TPSA) is 49.4 Å². The normalized spacial score (nSPS) is 13.4. The molecule has 0 fully saturated rings. The van der Waals surface area contributed by atoms with Crippen molar-refractivity contribution in [2.45, 2.75) is 19.9 Å². The van der Waals surface area contributed by atoms with Crippen LogP contribution in [0.1, 0.15) is 28.4 Å². The number of anilines is 1. The molecule has 0 saturated carbocycles. The number of hydrogen-bond donors (Lipinski definition) is 1. The van der Waals surface area contributed by atoms with E-state index in [2.05, 4.69) is 5.32 Å². The van der Waals surface area contributed by atoms with E-state index >= 15 is 0 Å². The molecule has 0 saturated heterocycles. The Labute approximate surface area is 138 Å². The van der Waals surface area contributed by atoms with E-state index < -0.39 is 17.5 Å². The van der Waals surface area contributed by atoms with Crippen LogP contribution in [0.5, 0.6) is 0 Å². The van der Waals surface area contributed by atoms with Gasteiger partial charge in [0.05, 0.1) is 5.56 Å². The average Bonchev–Trinajstić information content (AvgIpc) is 2.53. The number of carbonyl (C=O) groups is 2. The Balaban J connectivity index is 1.80. The van der Waals surface area contributed by atoms with Crippen LogP contribution >= 0.6 is 0 Å². The zero-order valence-corrected chi connectivity index (χ0v) is 13.1. The predicted octanol–water partition coefficient (Wildman–Crippen LogP) is 3.12. The summed E-state index contributed by atoms with van der Waals surface area (Å²) in [5, 5.41) is 2.61. The second kappa shape index (κ2) is 6.39. The van der Waals surface area contributed by atoms with Crippen LogP contribution in [0.25, 0.3) is 0 Å². The Kier molecular flexibility index (Phi) is 4.29. The van der Waals surface area contributed by atoms with E-state index in [0.717, 1.165) is 29.7 Å². The van der Waals surface area contributed by atoms with Gasteiger partial charge in [0, 0.05) is 31.8 Å². The molecule has 3 rings (SSSR count). The maximum atomic E-state index is 13.7. The molecule has 0 unspecified atom stereocenters. The number of fused-ring (bicyclic) bond motifs is 1. The molecular formula is C18H16F2N2O2. The van der Waals surface area contributed by atoms with Crippen molar-refractivity contribution in [3.05, 3.63) is 64.7 Å². The molecule has 0 atom stereocenters. The van der Waals surface area contributed by atoms with Gasteiger partial charge in [-0.3, -0.25) is 9.59 Å². The highest BCUT2D eigenvalue weighted by atomic mass is 19.1. The Bertz CT molecular complexity index is 821. The molecule has 2 amide bonds. The molecule has 1 aliphatic rings.